The second-order valence-corrected chi connectivity index (χ2v) is 2.16. The third kappa shape index (κ3) is 1.44. The lowest BCUT2D eigenvalue weighted by atomic mass is 10.4. The summed E-state index contributed by atoms with van der Waals surface area (Å²) >= 11 is 0. The van der Waals surface area contributed by atoms with Crippen molar-refractivity contribution in [1.82, 2.24) is 14.8 Å². The van der Waals surface area contributed by atoms with E-state index in [0.29, 0.717) is 0 Å². The SMILES string of the molecule is CC(O)Cn1cn[nH]c1=O. The highest BCUT2D eigenvalue weighted by Gasteiger charge is 1.99. The van der Waals surface area contributed by atoms with Gasteiger partial charge in [-0.3, -0.25) is 4.57 Å². The Morgan fingerprint density at radius 3 is 3.10 bits per heavy atom. The zero-order valence-corrected chi connectivity index (χ0v) is 5.61. The summed E-state index contributed by atoms with van der Waals surface area (Å²) in [5.74, 6) is 0. The fourth-order valence-corrected chi connectivity index (χ4v) is 0.685. The summed E-state index contributed by atoms with van der Waals surface area (Å²) in [7, 11) is 0. The van der Waals surface area contributed by atoms with Gasteiger partial charge in [0.2, 0.25) is 0 Å². The van der Waals surface area contributed by atoms with Crippen LogP contribution in [0.2, 0.25) is 0 Å². The molecule has 0 aliphatic heterocycles. The molecule has 0 fully saturated rings. The van der Waals surface area contributed by atoms with Gasteiger partial charge in [0.25, 0.3) is 0 Å². The predicted octanol–water partition coefficient (Wildman–Crippen LogP) is -1.05. The number of nitrogens with zero attached hydrogens (tertiary/aromatic N) is 2. The molecule has 0 radical (unpaired) electrons. The lowest BCUT2D eigenvalue weighted by molar-refractivity contribution is 0.172. The number of rotatable bonds is 2. The molecule has 5 nitrogen and oxygen atoms in total. The van der Waals surface area contributed by atoms with Crippen molar-refractivity contribution in [2.24, 2.45) is 0 Å². The zero-order chi connectivity index (χ0) is 7.56. The van der Waals surface area contributed by atoms with Gasteiger partial charge < -0.3 is 5.11 Å². The minimum absolute atomic E-state index is 0.287. The first-order valence-electron chi connectivity index (χ1n) is 2.98. The third-order valence-electron chi connectivity index (χ3n) is 1.08. The molecule has 0 saturated heterocycles. The Labute approximate surface area is 57.3 Å². The van der Waals surface area contributed by atoms with Crippen LogP contribution in [-0.4, -0.2) is 26.0 Å². The highest BCUT2D eigenvalue weighted by Crippen LogP contribution is 1.83. The van der Waals surface area contributed by atoms with Crippen molar-refractivity contribution in [3.63, 3.8) is 0 Å². The smallest absolute Gasteiger partial charge is 0.343 e. The van der Waals surface area contributed by atoms with Crippen LogP contribution in [0.1, 0.15) is 6.92 Å². The molecule has 0 saturated carbocycles. The topological polar surface area (TPSA) is 70.9 Å². The molecule has 2 N–H and O–H groups in total. The van der Waals surface area contributed by atoms with Crippen molar-refractivity contribution in [3.05, 3.63) is 16.8 Å². The van der Waals surface area contributed by atoms with E-state index in [1.165, 1.54) is 10.9 Å². The van der Waals surface area contributed by atoms with Gasteiger partial charge in [-0.05, 0) is 6.92 Å². The van der Waals surface area contributed by atoms with E-state index in [-0.39, 0.29) is 12.2 Å². The van der Waals surface area contributed by atoms with E-state index in [4.69, 9.17) is 5.11 Å². The Hall–Kier alpha value is -1.10. The molecule has 0 amide bonds. The third-order valence-corrected chi connectivity index (χ3v) is 1.08. The molecular formula is C5H9N3O2. The molecule has 1 rings (SSSR count). The monoisotopic (exact) mass is 143 g/mol. The number of aromatic nitrogens is 3. The summed E-state index contributed by atoms with van der Waals surface area (Å²) < 4.78 is 1.31. The second kappa shape index (κ2) is 2.66. The van der Waals surface area contributed by atoms with E-state index >= 15 is 0 Å². The van der Waals surface area contributed by atoms with Crippen LogP contribution in [0.15, 0.2) is 11.1 Å². The average molecular weight is 143 g/mol. The van der Waals surface area contributed by atoms with Crippen molar-refractivity contribution in [3.8, 4) is 0 Å². The van der Waals surface area contributed by atoms with E-state index in [2.05, 4.69) is 10.2 Å². The number of aliphatic hydroxyl groups is 1. The number of aromatic amines is 1. The molecule has 0 bridgehead atoms. The number of nitrogens with one attached hydrogen (secondary N) is 1. The van der Waals surface area contributed by atoms with Gasteiger partial charge in [0, 0.05) is 0 Å². The second-order valence-electron chi connectivity index (χ2n) is 2.16. The fourth-order valence-electron chi connectivity index (χ4n) is 0.685. The van der Waals surface area contributed by atoms with Crippen LogP contribution >= 0.6 is 0 Å². The summed E-state index contributed by atoms with van der Waals surface area (Å²) in [6.45, 7) is 1.90. The molecule has 5 heteroatoms. The Morgan fingerprint density at radius 1 is 2.00 bits per heavy atom. The van der Waals surface area contributed by atoms with Gasteiger partial charge in [0.1, 0.15) is 6.33 Å². The maximum absolute atomic E-state index is 10.7. The standard InChI is InChI=1S/C5H9N3O2/c1-4(9)2-8-3-6-7-5(8)10/h3-4,9H,2H2,1H3,(H,7,10). The predicted molar refractivity (Wildman–Crippen MR) is 34.5 cm³/mol. The van der Waals surface area contributed by atoms with Gasteiger partial charge >= 0.3 is 5.69 Å². The molecule has 56 valence electrons. The van der Waals surface area contributed by atoms with Gasteiger partial charge in [0.05, 0.1) is 12.6 Å². The first-order valence-corrected chi connectivity index (χ1v) is 2.98. The molecule has 1 unspecified atom stereocenters. The maximum Gasteiger partial charge on any atom is 0.343 e. The van der Waals surface area contributed by atoms with Gasteiger partial charge in [-0.15, -0.1) is 0 Å². The molecule has 1 atom stereocenters. The number of hydrogen-bond donors (Lipinski definition) is 2. The van der Waals surface area contributed by atoms with Crippen molar-refractivity contribution in [2.75, 3.05) is 0 Å². The van der Waals surface area contributed by atoms with Gasteiger partial charge in [0.15, 0.2) is 0 Å². The lowest BCUT2D eigenvalue weighted by Gasteiger charge is -2.00. The van der Waals surface area contributed by atoms with Gasteiger partial charge in [-0.1, -0.05) is 0 Å². The van der Waals surface area contributed by atoms with E-state index < -0.39 is 6.10 Å². The maximum atomic E-state index is 10.7. The van der Waals surface area contributed by atoms with Crippen LogP contribution in [0.5, 0.6) is 0 Å². The largest absolute Gasteiger partial charge is 0.392 e. The Bertz CT molecular complexity index is 249. The summed E-state index contributed by atoms with van der Waals surface area (Å²) in [4.78, 5) is 10.7. The molecule has 1 aromatic heterocycles. The first-order chi connectivity index (χ1) is 4.70. The summed E-state index contributed by atoms with van der Waals surface area (Å²) in [5.41, 5.74) is -0.291. The van der Waals surface area contributed by atoms with E-state index in [0.717, 1.165) is 0 Å². The molecule has 0 aliphatic rings. The summed E-state index contributed by atoms with van der Waals surface area (Å²) in [6.07, 6.45) is 0.838. The fraction of sp³-hybridized carbons (Fsp3) is 0.600. The summed E-state index contributed by atoms with van der Waals surface area (Å²) in [6, 6.07) is 0. The number of aliphatic hydroxyl groups excluding tert-OH is 1. The molecule has 0 aromatic carbocycles. The highest BCUT2D eigenvalue weighted by atomic mass is 16.3. The van der Waals surface area contributed by atoms with Crippen molar-refractivity contribution >= 4 is 0 Å². The summed E-state index contributed by atoms with van der Waals surface area (Å²) in [5, 5.41) is 14.6. The molecule has 1 aromatic rings. The molecule has 10 heavy (non-hydrogen) atoms. The number of H-pyrrole nitrogens is 1. The number of hydrogen-bond acceptors (Lipinski definition) is 3. The molecule has 1 heterocycles. The normalized spacial score (nSPS) is 13.4. The van der Waals surface area contributed by atoms with Gasteiger partial charge in [-0.25, -0.2) is 9.89 Å². The van der Waals surface area contributed by atoms with Crippen LogP contribution in [0.4, 0.5) is 0 Å². The first kappa shape index (κ1) is 7.01. The van der Waals surface area contributed by atoms with Crippen LogP contribution in [0, 0.1) is 0 Å². The molecular weight excluding hydrogens is 134 g/mol. The van der Waals surface area contributed by atoms with E-state index in [9.17, 15) is 4.79 Å². The van der Waals surface area contributed by atoms with E-state index in [1.54, 1.807) is 6.92 Å². The minimum atomic E-state index is -0.518. The van der Waals surface area contributed by atoms with Crippen LogP contribution in [0.3, 0.4) is 0 Å². The minimum Gasteiger partial charge on any atom is -0.392 e. The Balaban J connectivity index is 2.75. The molecule has 0 aliphatic carbocycles. The van der Waals surface area contributed by atoms with E-state index in [1.807, 2.05) is 0 Å². The molecule has 0 spiro atoms. The van der Waals surface area contributed by atoms with Crippen LogP contribution < -0.4 is 5.69 Å². The quantitative estimate of drug-likeness (QED) is 0.555. The van der Waals surface area contributed by atoms with Gasteiger partial charge in [-0.2, -0.15) is 5.10 Å². The zero-order valence-electron chi connectivity index (χ0n) is 5.61. The van der Waals surface area contributed by atoms with Crippen molar-refractivity contribution in [2.45, 2.75) is 19.6 Å². The average Bonchev–Trinajstić information content (AvgIpc) is 2.15. The van der Waals surface area contributed by atoms with Crippen LogP contribution in [0.25, 0.3) is 0 Å². The lowest BCUT2D eigenvalue weighted by Crippen LogP contribution is -2.22. The van der Waals surface area contributed by atoms with Crippen molar-refractivity contribution < 1.29 is 5.11 Å². The van der Waals surface area contributed by atoms with Crippen LogP contribution in [-0.2, 0) is 6.54 Å². The highest BCUT2D eigenvalue weighted by molar-refractivity contribution is 4.64. The Morgan fingerprint density at radius 2 is 2.70 bits per heavy atom. The van der Waals surface area contributed by atoms with Crippen molar-refractivity contribution in [1.29, 1.82) is 0 Å². The Kier molecular flexibility index (Phi) is 1.86.